The lowest BCUT2D eigenvalue weighted by Crippen LogP contribution is -2.31. The van der Waals surface area contributed by atoms with Crippen LogP contribution in [0.3, 0.4) is 0 Å². The van der Waals surface area contributed by atoms with Crippen molar-refractivity contribution in [2.24, 2.45) is 0 Å². The third-order valence-corrected chi connectivity index (χ3v) is 6.33. The Labute approximate surface area is 204 Å². The Morgan fingerprint density at radius 1 is 0.971 bits per heavy atom. The fourth-order valence-electron chi connectivity index (χ4n) is 4.35. The van der Waals surface area contributed by atoms with E-state index in [-0.39, 0.29) is 5.91 Å². The van der Waals surface area contributed by atoms with E-state index in [2.05, 4.69) is 36.6 Å². The first-order chi connectivity index (χ1) is 17.0. The quantitative estimate of drug-likeness (QED) is 0.407. The van der Waals surface area contributed by atoms with Crippen LogP contribution in [0.25, 0.3) is 11.4 Å². The summed E-state index contributed by atoms with van der Waals surface area (Å²) in [4.78, 5) is 18.4. The van der Waals surface area contributed by atoms with Crippen LogP contribution < -0.4 is 15.4 Å². The highest BCUT2D eigenvalue weighted by Gasteiger charge is 2.36. The Balaban J connectivity index is 1.64. The minimum Gasteiger partial charge on any atom is -0.496 e. The minimum atomic E-state index is -0.529. The molecule has 1 aromatic heterocycles. The summed E-state index contributed by atoms with van der Waals surface area (Å²) in [6.45, 7) is 6.04. The van der Waals surface area contributed by atoms with Gasteiger partial charge in [-0.1, -0.05) is 48.5 Å². The van der Waals surface area contributed by atoms with Crippen molar-refractivity contribution >= 4 is 17.5 Å². The first kappa shape index (κ1) is 22.4. The van der Waals surface area contributed by atoms with E-state index in [0.717, 1.165) is 16.8 Å². The number of fused-ring (bicyclic) bond motifs is 1. The van der Waals surface area contributed by atoms with Crippen LogP contribution in [0.1, 0.15) is 29.7 Å². The molecule has 5 rings (SSSR count). The van der Waals surface area contributed by atoms with Crippen molar-refractivity contribution in [2.45, 2.75) is 26.8 Å². The third kappa shape index (κ3) is 4.17. The van der Waals surface area contributed by atoms with Crippen LogP contribution in [0.15, 0.2) is 84.1 Å². The van der Waals surface area contributed by atoms with E-state index in [1.807, 2.05) is 67.6 Å². The van der Waals surface area contributed by atoms with Crippen molar-refractivity contribution in [3.63, 3.8) is 0 Å². The van der Waals surface area contributed by atoms with Crippen LogP contribution in [0.2, 0.25) is 0 Å². The Morgan fingerprint density at radius 3 is 2.46 bits per heavy atom. The molecule has 1 amide bonds. The van der Waals surface area contributed by atoms with Crippen molar-refractivity contribution in [1.82, 2.24) is 14.8 Å². The van der Waals surface area contributed by atoms with E-state index in [0.29, 0.717) is 28.8 Å². The Hall–Kier alpha value is -4.39. The number of para-hydroxylation sites is 2. The van der Waals surface area contributed by atoms with Gasteiger partial charge in [0, 0.05) is 22.5 Å². The lowest BCUT2D eigenvalue weighted by molar-refractivity contribution is -0.113. The molecule has 0 spiro atoms. The molecule has 1 aliphatic heterocycles. The zero-order chi connectivity index (χ0) is 24.5. The average molecular weight is 466 g/mol. The summed E-state index contributed by atoms with van der Waals surface area (Å²) in [6, 6.07) is 22.7. The summed E-state index contributed by atoms with van der Waals surface area (Å²) in [6.07, 6.45) is 0. The standard InChI is InChI=1S/C28H27N5O2/c1-17-14-15-20(16-18(17)2)26-31-28-29-19(3)24(27(34)30-21-10-6-5-7-11-21)25(33(28)32-26)22-12-8-9-13-23(22)35-4/h5-16,25H,1-4H3,(H,30,34)(H,29,31,32). The summed E-state index contributed by atoms with van der Waals surface area (Å²) in [5, 5.41) is 11.2. The number of ether oxygens (including phenoxy) is 1. The number of aromatic nitrogens is 3. The second kappa shape index (κ2) is 9.10. The number of methoxy groups -OCH3 is 1. The topological polar surface area (TPSA) is 81.1 Å². The smallest absolute Gasteiger partial charge is 0.255 e. The van der Waals surface area contributed by atoms with E-state index in [1.54, 1.807) is 11.8 Å². The maximum atomic E-state index is 13.6. The maximum absolute atomic E-state index is 13.6. The van der Waals surface area contributed by atoms with Crippen molar-refractivity contribution < 1.29 is 9.53 Å². The first-order valence-electron chi connectivity index (χ1n) is 11.5. The number of hydrogen-bond acceptors (Lipinski definition) is 5. The zero-order valence-electron chi connectivity index (χ0n) is 20.2. The predicted molar refractivity (Wildman–Crippen MR) is 137 cm³/mol. The van der Waals surface area contributed by atoms with Crippen LogP contribution in [-0.2, 0) is 4.79 Å². The first-order valence-corrected chi connectivity index (χ1v) is 11.5. The van der Waals surface area contributed by atoms with Gasteiger partial charge >= 0.3 is 0 Å². The summed E-state index contributed by atoms with van der Waals surface area (Å²) < 4.78 is 7.45. The van der Waals surface area contributed by atoms with Gasteiger partial charge in [-0.25, -0.2) is 4.68 Å². The minimum absolute atomic E-state index is 0.217. The second-order valence-electron chi connectivity index (χ2n) is 8.63. The molecule has 35 heavy (non-hydrogen) atoms. The Morgan fingerprint density at radius 2 is 1.71 bits per heavy atom. The van der Waals surface area contributed by atoms with E-state index < -0.39 is 6.04 Å². The van der Waals surface area contributed by atoms with Crippen molar-refractivity contribution in [3.8, 4) is 17.1 Å². The Kier molecular flexibility index (Phi) is 5.82. The van der Waals surface area contributed by atoms with Gasteiger partial charge in [0.1, 0.15) is 11.8 Å². The molecule has 0 aliphatic carbocycles. The van der Waals surface area contributed by atoms with Crippen LogP contribution in [0.5, 0.6) is 5.75 Å². The number of carbonyl (C=O) groups excluding carboxylic acids is 1. The van der Waals surface area contributed by atoms with E-state index in [9.17, 15) is 4.79 Å². The Bertz CT molecular complexity index is 1440. The van der Waals surface area contributed by atoms with Crippen LogP contribution in [0.4, 0.5) is 11.6 Å². The number of benzene rings is 3. The van der Waals surface area contributed by atoms with Crippen molar-refractivity contribution in [3.05, 3.63) is 101 Å². The van der Waals surface area contributed by atoms with Crippen LogP contribution >= 0.6 is 0 Å². The maximum Gasteiger partial charge on any atom is 0.255 e. The number of allylic oxidation sites excluding steroid dienone is 1. The molecule has 1 aliphatic rings. The molecule has 4 aromatic rings. The number of carbonyl (C=O) groups is 1. The third-order valence-electron chi connectivity index (χ3n) is 6.33. The van der Waals surface area contributed by atoms with Crippen molar-refractivity contribution in [2.75, 3.05) is 17.7 Å². The fraction of sp³-hybridized carbons (Fsp3) is 0.179. The number of aryl methyl sites for hydroxylation is 2. The molecule has 2 N–H and O–H groups in total. The highest BCUT2D eigenvalue weighted by Crippen LogP contribution is 2.40. The van der Waals surface area contributed by atoms with E-state index in [4.69, 9.17) is 14.8 Å². The zero-order valence-corrected chi connectivity index (χ0v) is 20.2. The number of hydrogen-bond donors (Lipinski definition) is 2. The lowest BCUT2D eigenvalue weighted by Gasteiger charge is -2.29. The molecule has 0 saturated carbocycles. The van der Waals surface area contributed by atoms with Gasteiger partial charge in [0.15, 0.2) is 5.82 Å². The molecule has 2 heterocycles. The molecule has 1 atom stereocenters. The molecule has 0 fully saturated rings. The molecule has 0 bridgehead atoms. The van der Waals surface area contributed by atoms with Gasteiger partial charge in [0.05, 0.1) is 12.7 Å². The highest BCUT2D eigenvalue weighted by atomic mass is 16.5. The molecule has 7 nitrogen and oxygen atoms in total. The average Bonchev–Trinajstić information content (AvgIpc) is 3.29. The molecule has 7 heteroatoms. The van der Waals surface area contributed by atoms with Gasteiger partial charge in [-0.05, 0) is 56.2 Å². The number of nitrogens with zero attached hydrogens (tertiary/aromatic N) is 3. The number of rotatable bonds is 5. The summed E-state index contributed by atoms with van der Waals surface area (Å²) in [5.74, 6) is 1.62. The predicted octanol–water partition coefficient (Wildman–Crippen LogP) is 5.50. The van der Waals surface area contributed by atoms with Gasteiger partial charge in [-0.3, -0.25) is 4.79 Å². The van der Waals surface area contributed by atoms with Gasteiger partial charge < -0.3 is 15.4 Å². The normalized spacial score (nSPS) is 14.8. The molecular weight excluding hydrogens is 438 g/mol. The fourth-order valence-corrected chi connectivity index (χ4v) is 4.35. The van der Waals surface area contributed by atoms with Crippen LogP contribution in [-0.4, -0.2) is 27.8 Å². The van der Waals surface area contributed by atoms with Gasteiger partial charge in [0.25, 0.3) is 5.91 Å². The van der Waals surface area contributed by atoms with Gasteiger partial charge in [-0.15, -0.1) is 5.10 Å². The molecular formula is C28H27N5O2. The second-order valence-corrected chi connectivity index (χ2v) is 8.63. The molecule has 176 valence electrons. The number of nitrogens with one attached hydrogen (secondary N) is 2. The number of anilines is 2. The van der Waals surface area contributed by atoms with Gasteiger partial charge in [0.2, 0.25) is 5.95 Å². The molecule has 0 radical (unpaired) electrons. The summed E-state index contributed by atoms with van der Waals surface area (Å²) >= 11 is 0. The van der Waals surface area contributed by atoms with E-state index >= 15 is 0 Å². The highest BCUT2D eigenvalue weighted by molar-refractivity contribution is 6.06. The largest absolute Gasteiger partial charge is 0.496 e. The lowest BCUT2D eigenvalue weighted by atomic mass is 9.94. The molecule has 3 aromatic carbocycles. The van der Waals surface area contributed by atoms with Crippen LogP contribution in [0, 0.1) is 13.8 Å². The molecule has 0 saturated heterocycles. The number of amides is 1. The monoisotopic (exact) mass is 465 g/mol. The molecule has 1 unspecified atom stereocenters. The SMILES string of the molecule is COc1ccccc1C1C(C(=O)Nc2ccccc2)=C(C)Nc2nc(-c3ccc(C)c(C)c3)nn21. The van der Waals surface area contributed by atoms with Gasteiger partial charge in [-0.2, -0.15) is 4.98 Å². The van der Waals surface area contributed by atoms with E-state index in [1.165, 1.54) is 11.1 Å². The summed E-state index contributed by atoms with van der Waals surface area (Å²) in [7, 11) is 1.63. The summed E-state index contributed by atoms with van der Waals surface area (Å²) in [5.41, 5.74) is 6.09. The van der Waals surface area contributed by atoms with Crippen molar-refractivity contribution in [1.29, 1.82) is 0 Å².